The maximum absolute atomic E-state index is 11.6. The number of halogens is 1. The monoisotopic (exact) mass is 294 g/mol. The maximum Gasteiger partial charge on any atom is 0.281 e. The SMILES string of the molecule is Cc1cc(Cl)c(O)c(C=NNC(=O)c2cccs2)c1. The molecule has 2 rings (SSSR count). The van der Waals surface area contributed by atoms with Gasteiger partial charge in [0, 0.05) is 5.56 Å². The molecule has 19 heavy (non-hydrogen) atoms. The molecule has 0 aliphatic heterocycles. The molecule has 0 saturated heterocycles. The Morgan fingerprint density at radius 3 is 3.00 bits per heavy atom. The minimum atomic E-state index is -0.288. The van der Waals surface area contributed by atoms with Crippen molar-refractivity contribution in [2.75, 3.05) is 0 Å². The van der Waals surface area contributed by atoms with Gasteiger partial charge in [-0.25, -0.2) is 5.43 Å². The summed E-state index contributed by atoms with van der Waals surface area (Å²) in [7, 11) is 0. The number of phenols is 1. The van der Waals surface area contributed by atoms with Gasteiger partial charge >= 0.3 is 0 Å². The highest BCUT2D eigenvalue weighted by atomic mass is 35.5. The van der Waals surface area contributed by atoms with Crippen molar-refractivity contribution in [3.05, 3.63) is 50.7 Å². The van der Waals surface area contributed by atoms with Crippen molar-refractivity contribution in [2.45, 2.75) is 6.92 Å². The van der Waals surface area contributed by atoms with E-state index in [-0.39, 0.29) is 16.7 Å². The zero-order valence-electron chi connectivity index (χ0n) is 10.1. The lowest BCUT2D eigenvalue weighted by Crippen LogP contribution is -2.16. The number of hydrogen-bond acceptors (Lipinski definition) is 4. The predicted octanol–water partition coefficient (Wildman–Crippen LogP) is 3.18. The van der Waals surface area contributed by atoms with E-state index in [1.54, 1.807) is 24.3 Å². The number of phenolic OH excluding ortho intramolecular Hbond substituents is 1. The Bertz CT molecular complexity index is 624. The number of aryl methyl sites for hydroxylation is 1. The van der Waals surface area contributed by atoms with E-state index < -0.39 is 0 Å². The van der Waals surface area contributed by atoms with Crippen LogP contribution in [0.2, 0.25) is 5.02 Å². The van der Waals surface area contributed by atoms with Gasteiger partial charge in [0.25, 0.3) is 5.91 Å². The Kier molecular flexibility index (Phi) is 4.19. The molecule has 2 N–H and O–H groups in total. The molecule has 0 bridgehead atoms. The van der Waals surface area contributed by atoms with Crippen LogP contribution in [0.4, 0.5) is 0 Å². The third-order valence-corrected chi connectivity index (χ3v) is 3.51. The Balaban J connectivity index is 2.09. The van der Waals surface area contributed by atoms with E-state index in [9.17, 15) is 9.90 Å². The molecule has 1 aromatic heterocycles. The molecule has 1 heterocycles. The van der Waals surface area contributed by atoms with Crippen LogP contribution in [0.25, 0.3) is 0 Å². The standard InChI is InChI=1S/C13H11ClN2O2S/c1-8-5-9(12(17)10(14)6-8)7-15-16-13(18)11-3-2-4-19-11/h2-7,17H,1H3,(H,16,18). The second-order valence-electron chi connectivity index (χ2n) is 3.86. The number of benzene rings is 1. The smallest absolute Gasteiger partial charge is 0.281 e. The number of hydrogen-bond donors (Lipinski definition) is 2. The van der Waals surface area contributed by atoms with Crippen LogP contribution in [0.15, 0.2) is 34.7 Å². The lowest BCUT2D eigenvalue weighted by molar-refractivity contribution is 0.0959. The highest BCUT2D eigenvalue weighted by Gasteiger charge is 2.06. The normalized spacial score (nSPS) is 10.8. The van der Waals surface area contributed by atoms with Crippen LogP contribution in [-0.4, -0.2) is 17.2 Å². The molecule has 0 aliphatic rings. The summed E-state index contributed by atoms with van der Waals surface area (Å²) >= 11 is 7.17. The van der Waals surface area contributed by atoms with E-state index in [1.807, 2.05) is 12.3 Å². The quantitative estimate of drug-likeness (QED) is 0.674. The van der Waals surface area contributed by atoms with Crippen LogP contribution in [0.1, 0.15) is 20.8 Å². The van der Waals surface area contributed by atoms with Crippen LogP contribution in [0.5, 0.6) is 5.75 Å². The number of thiophene rings is 1. The third kappa shape index (κ3) is 3.33. The molecular formula is C13H11ClN2O2S. The molecule has 4 nitrogen and oxygen atoms in total. The largest absolute Gasteiger partial charge is 0.506 e. The van der Waals surface area contributed by atoms with Crippen molar-refractivity contribution in [3.63, 3.8) is 0 Å². The van der Waals surface area contributed by atoms with E-state index in [0.717, 1.165) is 5.56 Å². The van der Waals surface area contributed by atoms with E-state index in [0.29, 0.717) is 10.4 Å². The first-order valence-corrected chi connectivity index (χ1v) is 6.69. The van der Waals surface area contributed by atoms with Gasteiger partial charge < -0.3 is 5.11 Å². The summed E-state index contributed by atoms with van der Waals surface area (Å²) < 4.78 is 0. The number of nitrogens with one attached hydrogen (secondary N) is 1. The fraction of sp³-hybridized carbons (Fsp3) is 0.0769. The van der Waals surface area contributed by atoms with E-state index in [2.05, 4.69) is 10.5 Å². The van der Waals surface area contributed by atoms with Gasteiger partial charge in [0.2, 0.25) is 0 Å². The molecule has 98 valence electrons. The summed E-state index contributed by atoms with van der Waals surface area (Å²) in [6, 6.07) is 6.87. The van der Waals surface area contributed by atoms with E-state index in [4.69, 9.17) is 11.6 Å². The van der Waals surface area contributed by atoms with Crippen molar-refractivity contribution >= 4 is 35.1 Å². The molecular weight excluding hydrogens is 284 g/mol. The minimum Gasteiger partial charge on any atom is -0.506 e. The van der Waals surface area contributed by atoms with E-state index in [1.165, 1.54) is 17.6 Å². The van der Waals surface area contributed by atoms with Gasteiger partial charge in [-0.15, -0.1) is 11.3 Å². The zero-order chi connectivity index (χ0) is 13.8. The van der Waals surface area contributed by atoms with Gasteiger partial charge in [-0.05, 0) is 36.1 Å². The Morgan fingerprint density at radius 2 is 2.32 bits per heavy atom. The number of nitrogens with zero attached hydrogens (tertiary/aromatic N) is 1. The van der Waals surface area contributed by atoms with Crippen molar-refractivity contribution in [2.24, 2.45) is 5.10 Å². The molecule has 0 unspecified atom stereocenters. The summed E-state index contributed by atoms with van der Waals surface area (Å²) in [4.78, 5) is 12.2. The summed E-state index contributed by atoms with van der Waals surface area (Å²) in [5.74, 6) is -0.342. The number of rotatable bonds is 3. The summed E-state index contributed by atoms with van der Waals surface area (Å²) in [6.07, 6.45) is 1.36. The number of carbonyl (C=O) groups excluding carboxylic acids is 1. The number of carbonyl (C=O) groups is 1. The first kappa shape index (κ1) is 13.6. The number of aromatic hydroxyl groups is 1. The Labute approximate surface area is 119 Å². The fourth-order valence-electron chi connectivity index (χ4n) is 1.48. The highest BCUT2D eigenvalue weighted by molar-refractivity contribution is 7.12. The molecule has 0 fully saturated rings. The molecule has 1 amide bonds. The van der Waals surface area contributed by atoms with Crippen molar-refractivity contribution in [1.82, 2.24) is 5.43 Å². The summed E-state index contributed by atoms with van der Waals surface area (Å²) in [6.45, 7) is 1.85. The number of hydrazone groups is 1. The van der Waals surface area contributed by atoms with Crippen molar-refractivity contribution in [3.8, 4) is 5.75 Å². The van der Waals surface area contributed by atoms with Crippen molar-refractivity contribution < 1.29 is 9.90 Å². The van der Waals surface area contributed by atoms with Crippen molar-refractivity contribution in [1.29, 1.82) is 0 Å². The molecule has 0 radical (unpaired) electrons. The minimum absolute atomic E-state index is 0.0543. The van der Waals surface area contributed by atoms with Gasteiger partial charge in [0.15, 0.2) is 0 Å². The zero-order valence-corrected chi connectivity index (χ0v) is 11.6. The molecule has 2 aromatic rings. The topological polar surface area (TPSA) is 61.7 Å². The van der Waals surface area contributed by atoms with Gasteiger partial charge in [-0.1, -0.05) is 17.7 Å². The molecule has 0 aliphatic carbocycles. The molecule has 0 spiro atoms. The first-order valence-electron chi connectivity index (χ1n) is 5.44. The Morgan fingerprint density at radius 1 is 1.53 bits per heavy atom. The van der Waals surface area contributed by atoms with E-state index >= 15 is 0 Å². The summed E-state index contributed by atoms with van der Waals surface area (Å²) in [5.41, 5.74) is 3.74. The van der Waals surface area contributed by atoms with Gasteiger partial charge in [-0.3, -0.25) is 4.79 Å². The third-order valence-electron chi connectivity index (χ3n) is 2.35. The van der Waals surface area contributed by atoms with Crippen LogP contribution in [0.3, 0.4) is 0 Å². The highest BCUT2D eigenvalue weighted by Crippen LogP contribution is 2.27. The maximum atomic E-state index is 11.6. The number of amides is 1. The molecule has 0 atom stereocenters. The fourth-order valence-corrected chi connectivity index (χ4v) is 2.38. The van der Waals surface area contributed by atoms with Crippen LogP contribution in [-0.2, 0) is 0 Å². The Hall–Kier alpha value is -1.85. The van der Waals surface area contributed by atoms with Gasteiger partial charge in [0.1, 0.15) is 5.75 Å². The van der Waals surface area contributed by atoms with Crippen LogP contribution < -0.4 is 5.43 Å². The average Bonchev–Trinajstić information content (AvgIpc) is 2.88. The summed E-state index contributed by atoms with van der Waals surface area (Å²) in [5, 5.41) is 15.6. The lowest BCUT2D eigenvalue weighted by Gasteiger charge is -2.03. The van der Waals surface area contributed by atoms with Crippen LogP contribution >= 0.6 is 22.9 Å². The molecule has 6 heteroatoms. The first-order chi connectivity index (χ1) is 9.08. The van der Waals surface area contributed by atoms with Gasteiger partial charge in [0.05, 0.1) is 16.1 Å². The predicted molar refractivity (Wildman–Crippen MR) is 77.2 cm³/mol. The molecule has 1 aromatic carbocycles. The second-order valence-corrected chi connectivity index (χ2v) is 5.22. The lowest BCUT2D eigenvalue weighted by atomic mass is 10.1. The van der Waals surface area contributed by atoms with Crippen LogP contribution in [0, 0.1) is 6.92 Å². The van der Waals surface area contributed by atoms with Gasteiger partial charge in [-0.2, -0.15) is 5.10 Å². The average molecular weight is 295 g/mol. The second kappa shape index (κ2) is 5.86. The molecule has 0 saturated carbocycles.